The molecule has 100 valence electrons. The summed E-state index contributed by atoms with van der Waals surface area (Å²) in [6.07, 6.45) is 0.765. The molecule has 2 rings (SSSR count). The molecule has 19 heavy (non-hydrogen) atoms. The van der Waals surface area contributed by atoms with Gasteiger partial charge in [-0.05, 0) is 23.6 Å². The van der Waals surface area contributed by atoms with Crippen LogP contribution >= 0.6 is 11.6 Å². The number of halogens is 1. The SMILES string of the molecule is CCc1nc(Cl)cc(Nc2cccc(C(C)C)c2)n1. The van der Waals surface area contributed by atoms with Gasteiger partial charge in [-0.2, -0.15) is 0 Å². The van der Waals surface area contributed by atoms with Crippen LogP contribution in [0.25, 0.3) is 0 Å². The van der Waals surface area contributed by atoms with Crippen molar-refractivity contribution < 1.29 is 0 Å². The van der Waals surface area contributed by atoms with E-state index in [1.54, 1.807) is 6.07 Å². The average Bonchev–Trinajstić information content (AvgIpc) is 2.38. The lowest BCUT2D eigenvalue weighted by molar-refractivity contribution is 0.867. The largest absolute Gasteiger partial charge is 0.340 e. The molecule has 0 unspecified atom stereocenters. The Hall–Kier alpha value is -1.61. The third-order valence-corrected chi connectivity index (χ3v) is 3.08. The molecule has 0 aliphatic heterocycles. The van der Waals surface area contributed by atoms with Crippen molar-refractivity contribution in [1.29, 1.82) is 0 Å². The van der Waals surface area contributed by atoms with Crippen molar-refractivity contribution in [2.75, 3.05) is 5.32 Å². The fourth-order valence-electron chi connectivity index (χ4n) is 1.81. The predicted octanol–water partition coefficient (Wildman–Crippen LogP) is 4.56. The Balaban J connectivity index is 2.25. The highest BCUT2D eigenvalue weighted by Gasteiger charge is 2.04. The molecular weight excluding hydrogens is 258 g/mol. The quantitative estimate of drug-likeness (QED) is 0.831. The van der Waals surface area contributed by atoms with E-state index >= 15 is 0 Å². The maximum atomic E-state index is 5.99. The molecule has 0 amide bonds. The number of hydrogen-bond donors (Lipinski definition) is 1. The van der Waals surface area contributed by atoms with Gasteiger partial charge in [0, 0.05) is 18.2 Å². The molecule has 2 aromatic rings. The standard InChI is InChI=1S/C15H18ClN3/c1-4-14-18-13(16)9-15(19-14)17-12-7-5-6-11(8-12)10(2)3/h5-10H,4H2,1-3H3,(H,17,18,19). The van der Waals surface area contributed by atoms with Gasteiger partial charge in [-0.15, -0.1) is 0 Å². The Bertz CT molecular complexity index is 567. The monoisotopic (exact) mass is 275 g/mol. The molecule has 3 nitrogen and oxygen atoms in total. The van der Waals surface area contributed by atoms with Crippen molar-refractivity contribution in [2.24, 2.45) is 0 Å². The van der Waals surface area contributed by atoms with E-state index in [0.29, 0.717) is 11.1 Å². The second-order valence-electron chi connectivity index (χ2n) is 4.75. The molecule has 4 heteroatoms. The lowest BCUT2D eigenvalue weighted by Crippen LogP contribution is -2.00. The van der Waals surface area contributed by atoms with Crippen LogP contribution in [-0.4, -0.2) is 9.97 Å². The first-order valence-corrected chi connectivity index (χ1v) is 6.86. The summed E-state index contributed by atoms with van der Waals surface area (Å²) >= 11 is 5.99. The Morgan fingerprint density at radius 2 is 2.00 bits per heavy atom. The second-order valence-corrected chi connectivity index (χ2v) is 5.14. The number of hydrogen-bond acceptors (Lipinski definition) is 3. The van der Waals surface area contributed by atoms with Gasteiger partial charge in [0.2, 0.25) is 0 Å². The molecule has 0 saturated carbocycles. The van der Waals surface area contributed by atoms with Gasteiger partial charge in [-0.1, -0.05) is 44.5 Å². The third kappa shape index (κ3) is 3.67. The molecule has 0 atom stereocenters. The number of benzene rings is 1. The maximum absolute atomic E-state index is 5.99. The van der Waals surface area contributed by atoms with Gasteiger partial charge in [0.05, 0.1) is 0 Å². The van der Waals surface area contributed by atoms with Crippen molar-refractivity contribution in [1.82, 2.24) is 9.97 Å². The van der Waals surface area contributed by atoms with E-state index in [2.05, 4.69) is 41.3 Å². The molecule has 0 aliphatic rings. The topological polar surface area (TPSA) is 37.8 Å². The van der Waals surface area contributed by atoms with Crippen LogP contribution < -0.4 is 5.32 Å². The van der Waals surface area contributed by atoms with Gasteiger partial charge in [0.1, 0.15) is 16.8 Å². The highest BCUT2D eigenvalue weighted by Crippen LogP contribution is 2.22. The third-order valence-electron chi connectivity index (χ3n) is 2.88. The summed E-state index contributed by atoms with van der Waals surface area (Å²) < 4.78 is 0. The molecule has 1 aromatic carbocycles. The van der Waals surface area contributed by atoms with Crippen LogP contribution in [0.4, 0.5) is 11.5 Å². The van der Waals surface area contributed by atoms with Crippen LogP contribution in [0, 0.1) is 0 Å². The number of aromatic nitrogens is 2. The zero-order valence-electron chi connectivity index (χ0n) is 11.4. The van der Waals surface area contributed by atoms with Crippen molar-refractivity contribution in [3.63, 3.8) is 0 Å². The van der Waals surface area contributed by atoms with E-state index in [4.69, 9.17) is 11.6 Å². The van der Waals surface area contributed by atoms with E-state index in [1.165, 1.54) is 5.56 Å². The first kappa shape index (κ1) is 13.8. The Kier molecular flexibility index (Phi) is 4.38. The maximum Gasteiger partial charge on any atom is 0.135 e. The van der Waals surface area contributed by atoms with Gasteiger partial charge < -0.3 is 5.32 Å². The van der Waals surface area contributed by atoms with E-state index in [0.717, 1.165) is 23.8 Å². The number of nitrogens with one attached hydrogen (secondary N) is 1. The van der Waals surface area contributed by atoms with Crippen LogP contribution in [0.2, 0.25) is 5.15 Å². The Morgan fingerprint density at radius 1 is 1.21 bits per heavy atom. The van der Waals surface area contributed by atoms with E-state index < -0.39 is 0 Å². The zero-order chi connectivity index (χ0) is 13.8. The van der Waals surface area contributed by atoms with Crippen molar-refractivity contribution in [3.8, 4) is 0 Å². The number of aryl methyl sites for hydroxylation is 1. The van der Waals surface area contributed by atoms with Crippen molar-refractivity contribution >= 4 is 23.1 Å². The lowest BCUT2D eigenvalue weighted by atomic mass is 10.0. The molecule has 1 N–H and O–H groups in total. The van der Waals surface area contributed by atoms with E-state index in [1.807, 2.05) is 19.1 Å². The summed E-state index contributed by atoms with van der Waals surface area (Å²) in [5.41, 5.74) is 2.31. The molecule has 0 fully saturated rings. The smallest absolute Gasteiger partial charge is 0.135 e. The lowest BCUT2D eigenvalue weighted by Gasteiger charge is -2.10. The zero-order valence-corrected chi connectivity index (χ0v) is 12.2. The molecule has 0 spiro atoms. The molecule has 0 radical (unpaired) electrons. The fraction of sp³-hybridized carbons (Fsp3) is 0.333. The first-order valence-electron chi connectivity index (χ1n) is 6.49. The van der Waals surface area contributed by atoms with Crippen LogP contribution in [0.3, 0.4) is 0 Å². The van der Waals surface area contributed by atoms with Gasteiger partial charge in [0.25, 0.3) is 0 Å². The summed E-state index contributed by atoms with van der Waals surface area (Å²) in [6, 6.07) is 10.1. The molecule has 0 bridgehead atoms. The number of rotatable bonds is 4. The van der Waals surface area contributed by atoms with E-state index in [9.17, 15) is 0 Å². The van der Waals surface area contributed by atoms with Crippen LogP contribution in [0.5, 0.6) is 0 Å². The molecule has 1 heterocycles. The molecule has 0 saturated heterocycles. The highest BCUT2D eigenvalue weighted by molar-refractivity contribution is 6.29. The van der Waals surface area contributed by atoms with Gasteiger partial charge in [-0.3, -0.25) is 0 Å². The van der Waals surface area contributed by atoms with Gasteiger partial charge in [0.15, 0.2) is 0 Å². The summed E-state index contributed by atoms with van der Waals surface area (Å²) in [5, 5.41) is 3.75. The Morgan fingerprint density at radius 3 is 2.68 bits per heavy atom. The van der Waals surface area contributed by atoms with E-state index in [-0.39, 0.29) is 0 Å². The van der Waals surface area contributed by atoms with Crippen LogP contribution in [-0.2, 0) is 6.42 Å². The van der Waals surface area contributed by atoms with Crippen LogP contribution in [0.15, 0.2) is 30.3 Å². The normalized spacial score (nSPS) is 10.8. The van der Waals surface area contributed by atoms with Crippen molar-refractivity contribution in [3.05, 3.63) is 46.9 Å². The van der Waals surface area contributed by atoms with Crippen LogP contribution in [0.1, 0.15) is 38.1 Å². The summed E-state index contributed by atoms with van der Waals surface area (Å²) in [7, 11) is 0. The fourth-order valence-corrected chi connectivity index (χ4v) is 2.01. The summed E-state index contributed by atoms with van der Waals surface area (Å²) in [5.74, 6) is 1.98. The number of anilines is 2. The predicted molar refractivity (Wildman–Crippen MR) is 80.2 cm³/mol. The number of nitrogens with zero attached hydrogens (tertiary/aromatic N) is 2. The summed E-state index contributed by atoms with van der Waals surface area (Å²) in [6.45, 7) is 6.36. The first-order chi connectivity index (χ1) is 9.08. The minimum Gasteiger partial charge on any atom is -0.340 e. The minimum atomic E-state index is 0.467. The molecule has 1 aromatic heterocycles. The average molecular weight is 276 g/mol. The van der Waals surface area contributed by atoms with Gasteiger partial charge >= 0.3 is 0 Å². The molecular formula is C15H18ClN3. The second kappa shape index (κ2) is 6.02. The summed E-state index contributed by atoms with van der Waals surface area (Å²) in [4.78, 5) is 8.57. The molecule has 0 aliphatic carbocycles. The van der Waals surface area contributed by atoms with Crippen molar-refractivity contribution in [2.45, 2.75) is 33.1 Å². The van der Waals surface area contributed by atoms with Gasteiger partial charge in [-0.25, -0.2) is 9.97 Å². The highest BCUT2D eigenvalue weighted by atomic mass is 35.5. The minimum absolute atomic E-state index is 0.467. The Labute approximate surface area is 119 Å².